The molecule has 16 heavy (non-hydrogen) atoms. The van der Waals surface area contributed by atoms with Crippen LogP contribution >= 0.6 is 0 Å². The van der Waals surface area contributed by atoms with E-state index in [1.54, 1.807) is 6.07 Å². The Morgan fingerprint density at radius 2 is 1.81 bits per heavy atom. The monoisotopic (exact) mass is 221 g/mol. The van der Waals surface area contributed by atoms with Crippen molar-refractivity contribution in [1.29, 1.82) is 10.5 Å². The Kier molecular flexibility index (Phi) is 3.89. The van der Waals surface area contributed by atoms with Crippen molar-refractivity contribution in [3.05, 3.63) is 34.4 Å². The quantitative estimate of drug-likeness (QED) is 0.538. The van der Waals surface area contributed by atoms with Crippen LogP contribution in [0.1, 0.15) is 42.0 Å². The molecule has 0 aliphatic rings. The van der Waals surface area contributed by atoms with Crippen molar-refractivity contribution in [3.8, 4) is 23.6 Å². The molecule has 0 aliphatic heterocycles. The van der Waals surface area contributed by atoms with Gasteiger partial charge in [0, 0.05) is 5.56 Å². The van der Waals surface area contributed by atoms with E-state index in [0.29, 0.717) is 16.7 Å². The molecule has 3 heteroatoms. The molecule has 1 aromatic carbocycles. The molecule has 0 N–H and O–H groups in total. The Morgan fingerprint density at radius 3 is 2.25 bits per heavy atom. The largest absolute Gasteiger partial charge is 0.192 e. The lowest BCUT2D eigenvalue weighted by Crippen LogP contribution is -1.99. The molecule has 0 saturated carbocycles. The molecule has 2 nitrogen and oxygen atoms in total. The molecule has 0 saturated heterocycles. The van der Waals surface area contributed by atoms with E-state index in [1.807, 2.05) is 32.1 Å². The van der Waals surface area contributed by atoms with E-state index in [0.717, 1.165) is 5.56 Å². The van der Waals surface area contributed by atoms with Crippen LogP contribution in [0.4, 0.5) is 0 Å². The third-order valence-electron chi connectivity index (χ3n) is 2.28. The molecule has 75 valence electrons. The van der Waals surface area contributed by atoms with Crippen LogP contribution in [-0.4, -0.2) is 10.2 Å². The van der Waals surface area contributed by atoms with Crippen molar-refractivity contribution in [2.75, 3.05) is 0 Å². The van der Waals surface area contributed by atoms with Gasteiger partial charge in [-0.25, -0.2) is 0 Å². The van der Waals surface area contributed by atoms with Gasteiger partial charge < -0.3 is 0 Å². The highest BCUT2D eigenvalue weighted by Crippen LogP contribution is 2.24. The zero-order valence-electron chi connectivity index (χ0n) is 9.13. The normalized spacial score (nSPS) is 8.88. The maximum Gasteiger partial charge on any atom is 0.147 e. The van der Waals surface area contributed by atoms with Crippen molar-refractivity contribution in [1.82, 2.24) is 0 Å². The summed E-state index contributed by atoms with van der Waals surface area (Å²) in [7, 11) is 3.07. The number of nitriles is 2. The average molecular weight is 221 g/mol. The van der Waals surface area contributed by atoms with E-state index in [-0.39, 0.29) is 5.92 Å². The summed E-state index contributed by atoms with van der Waals surface area (Å²) in [6, 6.07) is 7.58. The minimum Gasteiger partial charge on any atom is -0.192 e. The van der Waals surface area contributed by atoms with Crippen molar-refractivity contribution in [2.45, 2.75) is 19.8 Å². The lowest BCUT2D eigenvalue weighted by Gasteiger charge is -2.10. The Hall–Kier alpha value is -2.02. The van der Waals surface area contributed by atoms with Crippen LogP contribution in [0.5, 0.6) is 0 Å². The summed E-state index contributed by atoms with van der Waals surface area (Å²) < 4.78 is 0. The van der Waals surface area contributed by atoms with Crippen LogP contribution in [0.25, 0.3) is 0 Å². The Labute approximate surface area is 98.9 Å². The maximum atomic E-state index is 9.08. The summed E-state index contributed by atoms with van der Waals surface area (Å²) in [5, 5.41) is 18.0. The van der Waals surface area contributed by atoms with E-state index in [1.165, 1.54) is 0 Å². The van der Waals surface area contributed by atoms with Crippen LogP contribution in [0.2, 0.25) is 0 Å². The highest BCUT2D eigenvalue weighted by molar-refractivity contribution is 6.22. The SMILES string of the molecule is CC(C)c1ccc(C#N)c(C#N)c1C#C[Si]. The lowest BCUT2D eigenvalue weighted by molar-refractivity contribution is 0.862. The van der Waals surface area contributed by atoms with Gasteiger partial charge >= 0.3 is 0 Å². The van der Waals surface area contributed by atoms with E-state index in [2.05, 4.69) is 21.7 Å². The minimum atomic E-state index is 0.266. The van der Waals surface area contributed by atoms with E-state index in [9.17, 15) is 0 Å². The lowest BCUT2D eigenvalue weighted by atomic mass is 9.91. The molecule has 1 aromatic rings. The highest BCUT2D eigenvalue weighted by Gasteiger charge is 2.13. The maximum absolute atomic E-state index is 9.08. The second-order valence-electron chi connectivity index (χ2n) is 3.58. The standard InChI is InChI=1S/C13H9N2Si/c1-9(2)11-4-3-10(7-14)13(8-15)12(11)5-6-16/h3-4,9H,1-2H3. The highest BCUT2D eigenvalue weighted by atomic mass is 28.1. The number of hydrogen-bond acceptors (Lipinski definition) is 2. The van der Waals surface area contributed by atoms with Gasteiger partial charge in [-0.2, -0.15) is 10.5 Å². The van der Waals surface area contributed by atoms with Gasteiger partial charge in [0.05, 0.1) is 11.1 Å². The van der Waals surface area contributed by atoms with E-state index < -0.39 is 0 Å². The Bertz CT molecular complexity index is 548. The van der Waals surface area contributed by atoms with Gasteiger partial charge in [-0.05, 0) is 17.5 Å². The summed E-state index contributed by atoms with van der Waals surface area (Å²) in [6.45, 7) is 4.06. The Balaban J connectivity index is 3.64. The minimum absolute atomic E-state index is 0.266. The molecule has 0 unspecified atom stereocenters. The van der Waals surface area contributed by atoms with Gasteiger partial charge in [0.25, 0.3) is 0 Å². The smallest absolute Gasteiger partial charge is 0.147 e. The van der Waals surface area contributed by atoms with Gasteiger partial charge in [0.2, 0.25) is 0 Å². The first-order valence-corrected chi connectivity index (χ1v) is 5.30. The van der Waals surface area contributed by atoms with Crippen LogP contribution in [0.3, 0.4) is 0 Å². The van der Waals surface area contributed by atoms with Gasteiger partial charge in [-0.1, -0.05) is 25.8 Å². The molecule has 3 radical (unpaired) electrons. The van der Waals surface area contributed by atoms with Crippen LogP contribution in [0, 0.1) is 34.1 Å². The van der Waals surface area contributed by atoms with Crippen molar-refractivity contribution < 1.29 is 0 Å². The molecular weight excluding hydrogens is 212 g/mol. The predicted octanol–water partition coefficient (Wildman–Crippen LogP) is 2.03. The molecular formula is C13H9N2Si. The molecule has 0 atom stereocenters. The zero-order chi connectivity index (χ0) is 12.1. The molecule has 0 aromatic heterocycles. The number of benzene rings is 1. The third-order valence-corrected chi connectivity index (χ3v) is 2.40. The average Bonchev–Trinajstić information content (AvgIpc) is 2.28. The molecule has 1 rings (SSSR count). The number of nitrogens with zero attached hydrogens (tertiary/aromatic N) is 2. The summed E-state index contributed by atoms with van der Waals surface area (Å²) in [5.41, 5.74) is 4.96. The summed E-state index contributed by atoms with van der Waals surface area (Å²) in [6.07, 6.45) is 0. The van der Waals surface area contributed by atoms with Crippen LogP contribution < -0.4 is 0 Å². The molecule has 0 aliphatic carbocycles. The van der Waals surface area contributed by atoms with E-state index >= 15 is 0 Å². The molecule has 0 bridgehead atoms. The van der Waals surface area contributed by atoms with Crippen LogP contribution in [0.15, 0.2) is 12.1 Å². The fraction of sp³-hybridized carbons (Fsp3) is 0.231. The zero-order valence-corrected chi connectivity index (χ0v) is 10.1. The number of rotatable bonds is 1. The van der Waals surface area contributed by atoms with Crippen molar-refractivity contribution in [2.24, 2.45) is 0 Å². The topological polar surface area (TPSA) is 47.6 Å². The fourth-order valence-electron chi connectivity index (χ4n) is 1.51. The van der Waals surface area contributed by atoms with Gasteiger partial charge in [0.15, 0.2) is 0 Å². The molecule has 0 spiro atoms. The summed E-state index contributed by atoms with van der Waals surface area (Å²) in [5.74, 6) is 3.11. The fourth-order valence-corrected chi connectivity index (χ4v) is 1.63. The van der Waals surface area contributed by atoms with E-state index in [4.69, 9.17) is 10.5 Å². The van der Waals surface area contributed by atoms with Crippen molar-refractivity contribution in [3.63, 3.8) is 0 Å². The first kappa shape index (κ1) is 12.0. The first-order chi connectivity index (χ1) is 7.65. The van der Waals surface area contributed by atoms with Crippen molar-refractivity contribution >= 4 is 10.2 Å². The number of hydrogen-bond donors (Lipinski definition) is 0. The first-order valence-electron chi connectivity index (χ1n) is 4.80. The summed E-state index contributed by atoms with van der Waals surface area (Å²) >= 11 is 0. The molecule has 0 heterocycles. The Morgan fingerprint density at radius 1 is 1.12 bits per heavy atom. The molecule has 0 amide bonds. The second-order valence-corrected chi connectivity index (χ2v) is 3.83. The summed E-state index contributed by atoms with van der Waals surface area (Å²) in [4.78, 5) is 0. The van der Waals surface area contributed by atoms with Crippen LogP contribution in [-0.2, 0) is 0 Å². The predicted molar refractivity (Wildman–Crippen MR) is 62.6 cm³/mol. The molecule has 0 fully saturated rings. The third kappa shape index (κ3) is 2.14. The van der Waals surface area contributed by atoms with Gasteiger partial charge in [-0.15, -0.1) is 5.54 Å². The van der Waals surface area contributed by atoms with Gasteiger partial charge in [0.1, 0.15) is 22.4 Å². The second kappa shape index (κ2) is 5.17. The van der Waals surface area contributed by atoms with Gasteiger partial charge in [-0.3, -0.25) is 0 Å².